The standard InChI is InChI=1S/C11H17N3/c1-6-5-7(2)9(4)10(8(6)3)14-11(12)13/h5H,1-4H3,(H4,12,13,14). The van der Waals surface area contributed by atoms with Crippen LogP contribution in [0.3, 0.4) is 0 Å². The van der Waals surface area contributed by atoms with Crippen LogP contribution in [0, 0.1) is 27.7 Å². The first-order valence-electron chi connectivity index (χ1n) is 4.60. The third-order valence-corrected chi connectivity index (χ3v) is 2.57. The van der Waals surface area contributed by atoms with Crippen LogP contribution < -0.4 is 11.5 Å². The first-order chi connectivity index (χ1) is 6.43. The van der Waals surface area contributed by atoms with Gasteiger partial charge in [0, 0.05) is 0 Å². The number of hydrogen-bond acceptors (Lipinski definition) is 1. The molecule has 1 rings (SSSR count). The zero-order valence-corrected chi connectivity index (χ0v) is 9.18. The van der Waals surface area contributed by atoms with Gasteiger partial charge in [0.25, 0.3) is 0 Å². The van der Waals surface area contributed by atoms with Gasteiger partial charge in [0.1, 0.15) is 0 Å². The molecule has 14 heavy (non-hydrogen) atoms. The molecule has 76 valence electrons. The molecule has 1 aromatic rings. The van der Waals surface area contributed by atoms with Crippen LogP contribution >= 0.6 is 0 Å². The summed E-state index contributed by atoms with van der Waals surface area (Å²) in [6.45, 7) is 8.19. The molecule has 0 saturated heterocycles. The maximum Gasteiger partial charge on any atom is 0.191 e. The molecule has 0 saturated carbocycles. The van der Waals surface area contributed by atoms with E-state index >= 15 is 0 Å². The Morgan fingerprint density at radius 3 is 1.79 bits per heavy atom. The Morgan fingerprint density at radius 1 is 1.00 bits per heavy atom. The van der Waals surface area contributed by atoms with Gasteiger partial charge in [0.2, 0.25) is 0 Å². The predicted octanol–water partition coefficient (Wildman–Crippen LogP) is 1.83. The summed E-state index contributed by atoms with van der Waals surface area (Å²) in [5.41, 5.74) is 16.4. The van der Waals surface area contributed by atoms with Crippen LogP contribution in [0.15, 0.2) is 11.1 Å². The molecule has 3 heteroatoms. The summed E-state index contributed by atoms with van der Waals surface area (Å²) in [7, 11) is 0. The molecule has 0 aliphatic rings. The largest absolute Gasteiger partial charge is 0.370 e. The minimum Gasteiger partial charge on any atom is -0.370 e. The van der Waals surface area contributed by atoms with E-state index in [-0.39, 0.29) is 5.96 Å². The number of rotatable bonds is 1. The van der Waals surface area contributed by atoms with Crippen molar-refractivity contribution in [2.24, 2.45) is 16.5 Å². The van der Waals surface area contributed by atoms with Gasteiger partial charge in [-0.05, 0) is 49.9 Å². The smallest absolute Gasteiger partial charge is 0.191 e. The van der Waals surface area contributed by atoms with Gasteiger partial charge in [-0.3, -0.25) is 0 Å². The zero-order valence-electron chi connectivity index (χ0n) is 9.18. The predicted molar refractivity (Wildman–Crippen MR) is 60.9 cm³/mol. The van der Waals surface area contributed by atoms with Crippen molar-refractivity contribution in [2.75, 3.05) is 0 Å². The number of benzene rings is 1. The molecule has 0 aliphatic carbocycles. The molecule has 0 bridgehead atoms. The average molecular weight is 191 g/mol. The van der Waals surface area contributed by atoms with Gasteiger partial charge in [0.15, 0.2) is 5.96 Å². The van der Waals surface area contributed by atoms with Crippen molar-refractivity contribution in [3.8, 4) is 0 Å². The fourth-order valence-electron chi connectivity index (χ4n) is 1.49. The third kappa shape index (κ3) is 1.87. The summed E-state index contributed by atoms with van der Waals surface area (Å²) in [5.74, 6) is 0.112. The van der Waals surface area contributed by atoms with Crippen LogP contribution in [0.4, 0.5) is 5.69 Å². The second kappa shape index (κ2) is 3.70. The normalized spacial score (nSPS) is 10.0. The monoisotopic (exact) mass is 191 g/mol. The number of nitrogens with two attached hydrogens (primary N) is 2. The zero-order chi connectivity index (χ0) is 10.9. The van der Waals surface area contributed by atoms with E-state index in [1.54, 1.807) is 0 Å². The van der Waals surface area contributed by atoms with Crippen LogP contribution in [0.25, 0.3) is 0 Å². The Bertz CT molecular complexity index is 362. The lowest BCUT2D eigenvalue weighted by Crippen LogP contribution is -2.22. The molecule has 3 nitrogen and oxygen atoms in total. The van der Waals surface area contributed by atoms with Gasteiger partial charge in [-0.15, -0.1) is 0 Å². The summed E-state index contributed by atoms with van der Waals surface area (Å²) in [4.78, 5) is 4.15. The van der Waals surface area contributed by atoms with E-state index in [2.05, 4.69) is 24.9 Å². The van der Waals surface area contributed by atoms with E-state index in [4.69, 9.17) is 11.5 Å². The number of nitrogens with zero attached hydrogens (tertiary/aromatic N) is 1. The van der Waals surface area contributed by atoms with Crippen LogP contribution in [-0.4, -0.2) is 5.96 Å². The fourth-order valence-corrected chi connectivity index (χ4v) is 1.49. The van der Waals surface area contributed by atoms with Crippen molar-refractivity contribution in [1.29, 1.82) is 0 Å². The summed E-state index contributed by atoms with van der Waals surface area (Å²) < 4.78 is 0. The molecule has 0 spiro atoms. The molecular weight excluding hydrogens is 174 g/mol. The molecule has 0 aromatic heterocycles. The van der Waals surface area contributed by atoms with E-state index in [9.17, 15) is 0 Å². The van der Waals surface area contributed by atoms with Crippen LogP contribution in [0.2, 0.25) is 0 Å². The molecule has 4 N–H and O–H groups in total. The minimum absolute atomic E-state index is 0.112. The second-order valence-electron chi connectivity index (χ2n) is 3.65. The van der Waals surface area contributed by atoms with E-state index in [0.717, 1.165) is 16.8 Å². The van der Waals surface area contributed by atoms with Gasteiger partial charge < -0.3 is 11.5 Å². The molecule has 0 fully saturated rings. The Balaban J connectivity index is 3.47. The van der Waals surface area contributed by atoms with Gasteiger partial charge >= 0.3 is 0 Å². The molecule has 0 atom stereocenters. The lowest BCUT2D eigenvalue weighted by atomic mass is 9.99. The Morgan fingerprint density at radius 2 is 1.43 bits per heavy atom. The van der Waals surface area contributed by atoms with Gasteiger partial charge in [-0.2, -0.15) is 0 Å². The number of guanidine groups is 1. The molecule has 1 aromatic carbocycles. The Hall–Kier alpha value is -1.51. The highest BCUT2D eigenvalue weighted by atomic mass is 15.0. The summed E-state index contributed by atoms with van der Waals surface area (Å²) in [6.07, 6.45) is 0. The Kier molecular flexibility index (Phi) is 2.79. The fraction of sp³-hybridized carbons (Fsp3) is 0.364. The van der Waals surface area contributed by atoms with Crippen molar-refractivity contribution in [2.45, 2.75) is 27.7 Å². The number of aryl methyl sites for hydroxylation is 2. The molecule has 0 aliphatic heterocycles. The summed E-state index contributed by atoms with van der Waals surface area (Å²) in [5, 5.41) is 0. The van der Waals surface area contributed by atoms with E-state index in [0.29, 0.717) is 0 Å². The quantitative estimate of drug-likeness (QED) is 0.525. The van der Waals surface area contributed by atoms with Crippen molar-refractivity contribution in [3.05, 3.63) is 28.3 Å². The van der Waals surface area contributed by atoms with Crippen LogP contribution in [0.1, 0.15) is 22.3 Å². The average Bonchev–Trinajstić information content (AvgIpc) is 2.09. The highest BCUT2D eigenvalue weighted by molar-refractivity contribution is 5.80. The topological polar surface area (TPSA) is 64.4 Å². The lowest BCUT2D eigenvalue weighted by molar-refractivity contribution is 1.21. The van der Waals surface area contributed by atoms with Crippen LogP contribution in [0.5, 0.6) is 0 Å². The first-order valence-corrected chi connectivity index (χ1v) is 4.60. The number of hydrogen-bond donors (Lipinski definition) is 2. The van der Waals surface area contributed by atoms with E-state index < -0.39 is 0 Å². The van der Waals surface area contributed by atoms with E-state index in [1.165, 1.54) is 11.1 Å². The second-order valence-corrected chi connectivity index (χ2v) is 3.65. The third-order valence-electron chi connectivity index (χ3n) is 2.57. The molecule has 0 heterocycles. The summed E-state index contributed by atoms with van der Waals surface area (Å²) >= 11 is 0. The molecule has 0 unspecified atom stereocenters. The maximum atomic E-state index is 5.39. The SMILES string of the molecule is Cc1cc(C)c(C)c(N=C(N)N)c1C. The number of aliphatic imine (C=N–C) groups is 1. The molecule has 0 radical (unpaired) electrons. The van der Waals surface area contributed by atoms with Gasteiger partial charge in [-0.1, -0.05) is 6.07 Å². The highest BCUT2D eigenvalue weighted by Gasteiger charge is 2.07. The van der Waals surface area contributed by atoms with E-state index in [1.807, 2.05) is 13.8 Å². The first kappa shape index (κ1) is 10.6. The maximum absolute atomic E-state index is 5.39. The van der Waals surface area contributed by atoms with Gasteiger partial charge in [0.05, 0.1) is 5.69 Å². The van der Waals surface area contributed by atoms with Crippen LogP contribution in [-0.2, 0) is 0 Å². The molecular formula is C11H17N3. The van der Waals surface area contributed by atoms with Crippen molar-refractivity contribution in [1.82, 2.24) is 0 Å². The minimum atomic E-state index is 0.112. The van der Waals surface area contributed by atoms with Crippen molar-refractivity contribution < 1.29 is 0 Å². The van der Waals surface area contributed by atoms with Crippen molar-refractivity contribution >= 4 is 11.6 Å². The molecule has 0 amide bonds. The van der Waals surface area contributed by atoms with Gasteiger partial charge in [-0.25, -0.2) is 4.99 Å². The highest BCUT2D eigenvalue weighted by Crippen LogP contribution is 2.28. The summed E-state index contributed by atoms with van der Waals surface area (Å²) in [6, 6.07) is 2.15. The Labute approximate surface area is 84.8 Å². The van der Waals surface area contributed by atoms with Crippen molar-refractivity contribution in [3.63, 3.8) is 0 Å². The lowest BCUT2D eigenvalue weighted by Gasteiger charge is -2.11.